The number of anilines is 3. The first kappa shape index (κ1) is 63.9. The van der Waals surface area contributed by atoms with Gasteiger partial charge >= 0.3 is 43.4 Å². The minimum Gasteiger partial charge on any atom is -0.481 e. The third-order valence-electron chi connectivity index (χ3n) is 10.7. The second kappa shape index (κ2) is 26.7. The summed E-state index contributed by atoms with van der Waals surface area (Å²) < 4.78 is 178. The van der Waals surface area contributed by atoms with Crippen molar-refractivity contribution >= 4 is 78.8 Å². The fourth-order valence-electron chi connectivity index (χ4n) is 7.35. The van der Waals surface area contributed by atoms with Gasteiger partial charge in [-0.25, -0.2) is 50.0 Å². The molecule has 2 aliphatic heterocycles. The molecule has 8 rings (SSSR count). The number of methoxy groups -OCH3 is 1. The number of urea groups is 2. The molecule has 0 unspecified atom stereocenters. The SMILES string of the molecule is C#CCN1C(=O)COc2cc(F)c(/N=c3\snc4n3CC(C)(C)C4)cc21.COc1nc(C)nc(NC(=O)NS(=O)(=O)c2ccccc2CCC(F)(F)F)n1.O=C(Nc1nc(OC(F)F)cc(OC(F)F)n1)NS(=O)(=O)c1ccccc1C(=O)O. The minimum absolute atomic E-state index is 0.0715. The van der Waals surface area contributed by atoms with Crippen LogP contribution in [0.3, 0.4) is 0 Å². The second-order valence-electron chi connectivity index (χ2n) is 17.6. The summed E-state index contributed by atoms with van der Waals surface area (Å²) in [5.41, 5.74) is -0.0379. The fraction of sp³-hybridized carbons (Fsp3) is 0.298. The van der Waals surface area contributed by atoms with Gasteiger partial charge in [0.1, 0.15) is 28.0 Å². The van der Waals surface area contributed by atoms with E-state index in [1.54, 1.807) is 10.0 Å². The van der Waals surface area contributed by atoms with Crippen LogP contribution in [0, 0.1) is 30.5 Å². The number of aromatic nitrogens is 7. The summed E-state index contributed by atoms with van der Waals surface area (Å²) in [5, 5.41) is 12.8. The lowest BCUT2D eigenvalue weighted by atomic mass is 9.92. The highest BCUT2D eigenvalue weighted by Gasteiger charge is 2.33. The fourth-order valence-corrected chi connectivity index (χ4v) is 10.4. The average molecular weight is 1250 g/mol. The molecule has 6 aromatic rings. The molecule has 5 heterocycles. The van der Waals surface area contributed by atoms with Gasteiger partial charge in [-0.3, -0.25) is 20.3 Å². The number of aromatic carboxylic acids is 1. The number of nitrogens with zero attached hydrogens (tertiary/aromatic N) is 9. The number of nitrogens with one attached hydrogen (secondary N) is 4. The molecule has 0 radical (unpaired) electrons. The Labute approximate surface area is 473 Å². The molecule has 448 valence electrons. The van der Waals surface area contributed by atoms with Gasteiger partial charge in [0, 0.05) is 37.0 Å². The first-order valence-corrected chi connectivity index (χ1v) is 27.1. The van der Waals surface area contributed by atoms with E-state index in [1.807, 2.05) is 4.57 Å². The summed E-state index contributed by atoms with van der Waals surface area (Å²) in [6.45, 7) is -0.262. The molecule has 5 N–H and O–H groups in total. The number of rotatable bonds is 16. The summed E-state index contributed by atoms with van der Waals surface area (Å²) in [5.74, 6) is -1.58. The van der Waals surface area contributed by atoms with Crippen LogP contribution in [0.25, 0.3) is 0 Å². The number of amides is 5. The molecule has 0 bridgehead atoms. The van der Waals surface area contributed by atoms with E-state index in [4.69, 9.17) is 21.0 Å². The Balaban J connectivity index is 0.000000202. The average Bonchev–Trinajstić information content (AvgIpc) is 2.22. The van der Waals surface area contributed by atoms with Crippen molar-refractivity contribution in [2.45, 2.75) is 75.8 Å². The predicted octanol–water partition coefficient (Wildman–Crippen LogP) is 6.34. The molecule has 0 saturated heterocycles. The Morgan fingerprint density at radius 1 is 0.881 bits per heavy atom. The molecular formula is C47H43F8N13O13S3. The number of alkyl halides is 7. The van der Waals surface area contributed by atoms with Gasteiger partial charge in [0.15, 0.2) is 12.4 Å². The molecule has 3 aromatic heterocycles. The predicted molar refractivity (Wildman–Crippen MR) is 275 cm³/mol. The lowest BCUT2D eigenvalue weighted by molar-refractivity contribution is -0.134. The molecule has 37 heteroatoms. The number of aryl methyl sites for hydroxylation is 2. The number of benzene rings is 3. The van der Waals surface area contributed by atoms with E-state index < -0.39 is 109 Å². The van der Waals surface area contributed by atoms with Crippen molar-refractivity contribution in [3.63, 3.8) is 0 Å². The maximum absolute atomic E-state index is 14.5. The van der Waals surface area contributed by atoms with Gasteiger partial charge in [0.05, 0.1) is 35.9 Å². The summed E-state index contributed by atoms with van der Waals surface area (Å²) in [4.78, 5) is 70.3. The van der Waals surface area contributed by atoms with Crippen LogP contribution >= 0.6 is 11.5 Å². The van der Waals surface area contributed by atoms with Crippen LogP contribution in [-0.4, -0.2) is 119 Å². The van der Waals surface area contributed by atoms with Crippen molar-refractivity contribution in [1.82, 2.24) is 43.3 Å². The van der Waals surface area contributed by atoms with Crippen molar-refractivity contribution < 1.29 is 95.2 Å². The van der Waals surface area contributed by atoms with Gasteiger partial charge in [-0.2, -0.15) is 60.0 Å². The smallest absolute Gasteiger partial charge is 0.389 e. The molecule has 5 amide bonds. The van der Waals surface area contributed by atoms with Gasteiger partial charge in [-0.05, 0) is 48.6 Å². The third kappa shape index (κ3) is 17.6. The van der Waals surface area contributed by atoms with Gasteiger partial charge in [0.2, 0.25) is 28.5 Å². The van der Waals surface area contributed by atoms with Crippen molar-refractivity contribution in [3.05, 3.63) is 100 Å². The summed E-state index contributed by atoms with van der Waals surface area (Å²) in [6.07, 6.45) is 0.0207. The number of ether oxygens (including phenoxy) is 4. The maximum atomic E-state index is 14.5. The van der Waals surface area contributed by atoms with Crippen LogP contribution in [-0.2, 0) is 44.2 Å². The van der Waals surface area contributed by atoms with Gasteiger partial charge in [0.25, 0.3) is 26.0 Å². The molecule has 26 nitrogen and oxygen atoms in total. The number of halogens is 8. The number of fused-ring (bicyclic) bond motifs is 2. The third-order valence-corrected chi connectivity index (χ3v) is 14.3. The Kier molecular flexibility index (Phi) is 20.3. The van der Waals surface area contributed by atoms with Crippen molar-refractivity contribution in [1.29, 1.82) is 0 Å². The summed E-state index contributed by atoms with van der Waals surface area (Å²) in [7, 11) is -7.86. The van der Waals surface area contributed by atoms with E-state index in [2.05, 4.69) is 68.8 Å². The maximum Gasteiger partial charge on any atom is 0.389 e. The first-order valence-electron chi connectivity index (χ1n) is 23.4. The summed E-state index contributed by atoms with van der Waals surface area (Å²) >= 11 is 1.24. The molecule has 0 atom stereocenters. The van der Waals surface area contributed by atoms with Crippen LogP contribution in [0.5, 0.6) is 23.5 Å². The first-order chi connectivity index (χ1) is 39.3. The van der Waals surface area contributed by atoms with Gasteiger partial charge in [-0.15, -0.1) is 6.42 Å². The number of hydrogen-bond acceptors (Lipinski definition) is 20. The Morgan fingerprint density at radius 3 is 2.05 bits per heavy atom. The second-order valence-corrected chi connectivity index (χ2v) is 21.7. The zero-order chi connectivity index (χ0) is 61.9. The molecule has 0 saturated carbocycles. The molecule has 0 fully saturated rings. The van der Waals surface area contributed by atoms with Crippen LogP contribution in [0.15, 0.2) is 81.5 Å². The van der Waals surface area contributed by atoms with Crippen LogP contribution < -0.4 is 48.7 Å². The Morgan fingerprint density at radius 2 is 1.46 bits per heavy atom. The molecule has 2 aliphatic rings. The standard InChI is InChI=1S/C18H17FN4O2S.C15H16F3N5O4S.C14H10F4N4O7S/c1-4-5-22-13-7-12(11(19)6-14(13)25-9-16(22)24)20-17-23-10-18(2,3)8-15(23)21-26-17;1-9-19-12(22-14(20-9)27-2)21-13(24)23-28(25,26)11-6-4-3-5-10(11)7-8-15(16,17)18;15-11(16)28-8-5-9(29-12(17)18)20-13(19-8)21-14(25)22-30(26,27)7-4-2-1-3-6(7)10(23)24/h1,6-7H,5,8-10H2,2-3H3;3-6H,7-8H2,1-2H3,(H2,19,20,21,22,23,24);1-5,11-12H,(H,23,24)(H2,19,20,21,22,25)/b20-17-;;. The van der Waals surface area contributed by atoms with E-state index in [-0.39, 0.29) is 53.5 Å². The normalized spacial score (nSPS) is 13.6. The lowest BCUT2D eigenvalue weighted by Crippen LogP contribution is -2.39. The highest BCUT2D eigenvalue weighted by molar-refractivity contribution is 7.90. The highest BCUT2D eigenvalue weighted by atomic mass is 32.2. The van der Waals surface area contributed by atoms with Crippen molar-refractivity contribution in [2.24, 2.45) is 10.4 Å². The molecule has 84 heavy (non-hydrogen) atoms. The Hall–Kier alpha value is -9.31. The van der Waals surface area contributed by atoms with Crippen LogP contribution in [0.4, 0.5) is 68.0 Å². The van der Waals surface area contributed by atoms with Crippen molar-refractivity contribution in [3.8, 4) is 35.9 Å². The van der Waals surface area contributed by atoms with Crippen molar-refractivity contribution in [2.75, 3.05) is 35.8 Å². The van der Waals surface area contributed by atoms with E-state index >= 15 is 0 Å². The van der Waals surface area contributed by atoms with E-state index in [9.17, 15) is 71.1 Å². The number of carbonyl (C=O) groups excluding carboxylic acids is 3. The molecular weight excluding hydrogens is 1200 g/mol. The number of carbonyl (C=O) groups is 4. The molecule has 3 aromatic carbocycles. The Bertz CT molecular complexity index is 3780. The van der Waals surface area contributed by atoms with E-state index in [1.165, 1.54) is 77.7 Å². The monoisotopic (exact) mass is 1250 g/mol. The topological polar surface area (TPSA) is 340 Å². The zero-order valence-electron chi connectivity index (χ0n) is 43.4. The lowest BCUT2D eigenvalue weighted by Gasteiger charge is -2.28. The molecule has 0 spiro atoms. The number of carboxylic acids is 1. The van der Waals surface area contributed by atoms with Gasteiger partial charge in [-0.1, -0.05) is 50.1 Å². The van der Waals surface area contributed by atoms with E-state index in [0.29, 0.717) is 22.3 Å². The largest absolute Gasteiger partial charge is 0.481 e. The number of carboxylic acid groups (broad SMARTS) is 1. The highest BCUT2D eigenvalue weighted by Crippen LogP contribution is 2.38. The van der Waals surface area contributed by atoms with Crippen LogP contribution in [0.2, 0.25) is 0 Å². The minimum atomic E-state index is -4.71. The van der Waals surface area contributed by atoms with Crippen LogP contribution in [0.1, 0.15) is 47.8 Å². The number of sulfonamides is 2. The number of terminal acetylenes is 1. The number of hydrogen-bond donors (Lipinski definition) is 5. The summed E-state index contributed by atoms with van der Waals surface area (Å²) in [6, 6.07) is 9.79. The van der Waals surface area contributed by atoms with Gasteiger partial charge < -0.3 is 28.6 Å². The molecule has 0 aliphatic carbocycles. The quantitative estimate of drug-likeness (QED) is 0.0521. The van der Waals surface area contributed by atoms with E-state index in [0.717, 1.165) is 37.0 Å². The zero-order valence-corrected chi connectivity index (χ0v) is 45.9.